The maximum absolute atomic E-state index is 13.1. The molecule has 21 heavy (non-hydrogen) atoms. The van der Waals surface area contributed by atoms with Crippen LogP contribution in [0.3, 0.4) is 0 Å². The number of phenols is 1. The minimum atomic E-state index is -0.585. The Labute approximate surface area is 131 Å². The van der Waals surface area contributed by atoms with Crippen LogP contribution in [0.15, 0.2) is 36.4 Å². The van der Waals surface area contributed by atoms with Crippen LogP contribution in [0.5, 0.6) is 5.75 Å². The summed E-state index contributed by atoms with van der Waals surface area (Å²) in [6, 6.07) is 8.32. The number of aromatic hydroxyl groups is 1. The first-order valence-electron chi connectivity index (χ1n) is 6.18. The van der Waals surface area contributed by atoms with Crippen LogP contribution < -0.4 is 5.32 Å². The van der Waals surface area contributed by atoms with Crippen LogP contribution in [0.25, 0.3) is 0 Å². The van der Waals surface area contributed by atoms with Gasteiger partial charge in [0.05, 0.1) is 5.56 Å². The van der Waals surface area contributed by atoms with Gasteiger partial charge in [-0.3, -0.25) is 4.79 Å². The number of carbonyl (C=O) groups excluding carboxylic acids is 1. The van der Waals surface area contributed by atoms with E-state index >= 15 is 0 Å². The van der Waals surface area contributed by atoms with E-state index in [4.69, 9.17) is 23.2 Å². The summed E-state index contributed by atoms with van der Waals surface area (Å²) in [6.07, 6.45) is 0.498. The predicted molar refractivity (Wildman–Crippen MR) is 80.6 cm³/mol. The smallest absolute Gasteiger partial charge is 0.255 e. The quantitative estimate of drug-likeness (QED) is 0.897. The Morgan fingerprint density at radius 1 is 1.19 bits per heavy atom. The molecular weight excluding hydrogens is 316 g/mol. The lowest BCUT2D eigenvalue weighted by Crippen LogP contribution is -2.26. The van der Waals surface area contributed by atoms with E-state index in [9.17, 15) is 14.3 Å². The average molecular weight is 328 g/mol. The topological polar surface area (TPSA) is 49.3 Å². The van der Waals surface area contributed by atoms with Crippen molar-refractivity contribution in [3.8, 4) is 5.75 Å². The van der Waals surface area contributed by atoms with Crippen molar-refractivity contribution in [1.82, 2.24) is 5.32 Å². The molecule has 0 aromatic heterocycles. The van der Waals surface area contributed by atoms with Crippen molar-refractivity contribution in [2.24, 2.45) is 0 Å². The van der Waals surface area contributed by atoms with Gasteiger partial charge in [-0.1, -0.05) is 29.3 Å². The third-order valence-corrected chi connectivity index (χ3v) is 3.49. The Hall–Kier alpha value is -1.78. The van der Waals surface area contributed by atoms with Gasteiger partial charge in [0.2, 0.25) is 0 Å². The molecule has 0 atom stereocenters. The second kappa shape index (κ2) is 6.78. The highest BCUT2D eigenvalue weighted by Gasteiger charge is 2.12. The van der Waals surface area contributed by atoms with Crippen molar-refractivity contribution < 1.29 is 14.3 Å². The van der Waals surface area contributed by atoms with Crippen molar-refractivity contribution in [1.29, 1.82) is 0 Å². The summed E-state index contributed by atoms with van der Waals surface area (Å²) in [6.45, 7) is 0.302. The molecule has 0 spiro atoms. The van der Waals surface area contributed by atoms with E-state index < -0.39 is 11.7 Å². The number of benzene rings is 2. The average Bonchev–Trinajstić information content (AvgIpc) is 2.43. The maximum atomic E-state index is 13.1. The van der Waals surface area contributed by atoms with Crippen molar-refractivity contribution in [2.45, 2.75) is 6.42 Å². The minimum absolute atomic E-state index is 0.0998. The molecule has 2 rings (SSSR count). The monoisotopic (exact) mass is 327 g/mol. The number of nitrogens with one attached hydrogen (secondary N) is 1. The highest BCUT2D eigenvalue weighted by molar-refractivity contribution is 6.35. The van der Waals surface area contributed by atoms with E-state index in [1.165, 1.54) is 0 Å². The Balaban J connectivity index is 1.97. The molecule has 3 nitrogen and oxygen atoms in total. The SMILES string of the molecule is O=C(NCCc1ccc(Cl)cc1Cl)c1cc(F)ccc1O. The van der Waals surface area contributed by atoms with Crippen LogP contribution in [0.1, 0.15) is 15.9 Å². The van der Waals surface area contributed by atoms with E-state index in [0.717, 1.165) is 23.8 Å². The van der Waals surface area contributed by atoms with E-state index in [1.54, 1.807) is 18.2 Å². The molecule has 2 N–H and O–H groups in total. The Morgan fingerprint density at radius 2 is 1.95 bits per heavy atom. The largest absolute Gasteiger partial charge is 0.507 e. The second-order valence-corrected chi connectivity index (χ2v) is 5.25. The fraction of sp³-hybridized carbons (Fsp3) is 0.133. The number of amides is 1. The molecule has 1 amide bonds. The molecule has 2 aromatic rings. The highest BCUT2D eigenvalue weighted by Crippen LogP contribution is 2.21. The summed E-state index contributed by atoms with van der Waals surface area (Å²) in [7, 11) is 0. The summed E-state index contributed by atoms with van der Waals surface area (Å²) in [5.74, 6) is -1.39. The fourth-order valence-corrected chi connectivity index (χ4v) is 2.32. The number of phenolic OH excluding ortho intramolecular Hbond substituents is 1. The maximum Gasteiger partial charge on any atom is 0.255 e. The van der Waals surface area contributed by atoms with Gasteiger partial charge in [-0.05, 0) is 42.3 Å². The number of carbonyl (C=O) groups is 1. The molecule has 0 unspecified atom stereocenters. The minimum Gasteiger partial charge on any atom is -0.507 e. The summed E-state index contributed by atoms with van der Waals surface area (Å²) in [5, 5.41) is 13.2. The first-order chi connectivity index (χ1) is 9.97. The predicted octanol–water partition coefficient (Wildman–Crippen LogP) is 3.81. The molecule has 0 fully saturated rings. The Bertz CT molecular complexity index is 677. The first kappa shape index (κ1) is 15.6. The van der Waals surface area contributed by atoms with E-state index in [0.29, 0.717) is 23.0 Å². The normalized spacial score (nSPS) is 10.4. The van der Waals surface area contributed by atoms with Crippen LogP contribution in [0.2, 0.25) is 10.0 Å². The molecule has 0 aliphatic carbocycles. The van der Waals surface area contributed by atoms with Crippen LogP contribution >= 0.6 is 23.2 Å². The molecule has 2 aromatic carbocycles. The zero-order valence-corrected chi connectivity index (χ0v) is 12.4. The standard InChI is InChI=1S/C15H12Cl2FNO2/c16-10-2-1-9(13(17)7-10)5-6-19-15(21)12-8-11(18)3-4-14(12)20/h1-4,7-8,20H,5-6H2,(H,19,21). The third-order valence-electron chi connectivity index (χ3n) is 2.90. The second-order valence-electron chi connectivity index (χ2n) is 4.40. The van der Waals surface area contributed by atoms with Crippen molar-refractivity contribution >= 4 is 29.1 Å². The Kier molecular flexibility index (Phi) is 5.04. The van der Waals surface area contributed by atoms with Crippen LogP contribution in [-0.4, -0.2) is 17.6 Å². The zero-order valence-electron chi connectivity index (χ0n) is 10.9. The molecular formula is C15H12Cl2FNO2. The molecule has 0 aliphatic heterocycles. The van der Waals surface area contributed by atoms with Crippen LogP contribution in [0, 0.1) is 5.82 Å². The number of hydrogen-bond donors (Lipinski definition) is 2. The van der Waals surface area contributed by atoms with Gasteiger partial charge in [-0.15, -0.1) is 0 Å². The lowest BCUT2D eigenvalue weighted by Gasteiger charge is -2.08. The zero-order chi connectivity index (χ0) is 15.4. The number of halogens is 3. The third kappa shape index (κ3) is 4.09. The first-order valence-corrected chi connectivity index (χ1v) is 6.93. The Morgan fingerprint density at radius 3 is 2.67 bits per heavy atom. The molecule has 0 aliphatic rings. The van der Waals surface area contributed by atoms with Crippen LogP contribution in [0.4, 0.5) is 4.39 Å². The number of hydrogen-bond acceptors (Lipinski definition) is 2. The van der Waals surface area contributed by atoms with E-state index in [1.807, 2.05) is 0 Å². The van der Waals surface area contributed by atoms with Crippen molar-refractivity contribution in [3.05, 3.63) is 63.4 Å². The van der Waals surface area contributed by atoms with Gasteiger partial charge in [0, 0.05) is 16.6 Å². The van der Waals surface area contributed by atoms with Gasteiger partial charge in [-0.25, -0.2) is 4.39 Å². The molecule has 6 heteroatoms. The highest BCUT2D eigenvalue weighted by atomic mass is 35.5. The molecule has 0 heterocycles. The molecule has 0 radical (unpaired) electrons. The van der Waals surface area contributed by atoms with Gasteiger partial charge in [0.1, 0.15) is 11.6 Å². The summed E-state index contributed by atoms with van der Waals surface area (Å²) < 4.78 is 13.1. The van der Waals surface area contributed by atoms with Crippen molar-refractivity contribution in [3.63, 3.8) is 0 Å². The molecule has 0 saturated carbocycles. The number of rotatable bonds is 4. The van der Waals surface area contributed by atoms with Gasteiger partial charge in [0.25, 0.3) is 5.91 Å². The lowest BCUT2D eigenvalue weighted by molar-refractivity contribution is 0.0951. The lowest BCUT2D eigenvalue weighted by atomic mass is 10.1. The molecule has 0 bridgehead atoms. The van der Waals surface area contributed by atoms with Gasteiger partial charge < -0.3 is 10.4 Å². The fourth-order valence-electron chi connectivity index (χ4n) is 1.82. The van der Waals surface area contributed by atoms with Gasteiger partial charge >= 0.3 is 0 Å². The summed E-state index contributed by atoms with van der Waals surface area (Å²) in [4.78, 5) is 11.9. The van der Waals surface area contributed by atoms with Crippen LogP contribution in [-0.2, 0) is 6.42 Å². The van der Waals surface area contributed by atoms with E-state index in [2.05, 4.69) is 5.32 Å². The van der Waals surface area contributed by atoms with E-state index in [-0.39, 0.29) is 11.3 Å². The molecule has 110 valence electrons. The molecule has 0 saturated heterocycles. The summed E-state index contributed by atoms with van der Waals surface area (Å²) in [5.41, 5.74) is 0.738. The van der Waals surface area contributed by atoms with Crippen molar-refractivity contribution in [2.75, 3.05) is 6.54 Å². The summed E-state index contributed by atoms with van der Waals surface area (Å²) >= 11 is 11.8. The van der Waals surface area contributed by atoms with Gasteiger partial charge in [0.15, 0.2) is 0 Å². The van der Waals surface area contributed by atoms with Gasteiger partial charge in [-0.2, -0.15) is 0 Å².